The molecule has 1 aromatic carbocycles. The Balaban J connectivity index is 2.22. The lowest BCUT2D eigenvalue weighted by Crippen LogP contribution is -2.53. The minimum atomic E-state index is -0.578. The summed E-state index contributed by atoms with van der Waals surface area (Å²) in [6, 6.07) is 5.44. The number of hydrogen-bond donors (Lipinski definition) is 1. The van der Waals surface area contributed by atoms with Crippen molar-refractivity contribution in [3.8, 4) is 0 Å². The van der Waals surface area contributed by atoms with Gasteiger partial charge in [-0.3, -0.25) is 9.69 Å². The van der Waals surface area contributed by atoms with E-state index in [9.17, 15) is 9.59 Å². The summed E-state index contributed by atoms with van der Waals surface area (Å²) in [5.41, 5.74) is 2.30. The molecular formula is C22H34N2O3. The van der Waals surface area contributed by atoms with Gasteiger partial charge in [0.25, 0.3) is 0 Å². The van der Waals surface area contributed by atoms with Crippen LogP contribution in [0.15, 0.2) is 18.2 Å². The van der Waals surface area contributed by atoms with Gasteiger partial charge in [-0.1, -0.05) is 38.0 Å². The molecule has 27 heavy (non-hydrogen) atoms. The van der Waals surface area contributed by atoms with Crippen molar-refractivity contribution in [1.82, 2.24) is 4.90 Å². The SMILES string of the molecule is CCC[C@@H]1CCN(C(=O)OC(C)(C)C)[C@@H](C(=O)Nc2c(C)cccc2C)C1. The number of nitrogens with zero attached hydrogens (tertiary/aromatic N) is 1. The van der Waals surface area contributed by atoms with Crippen LogP contribution >= 0.6 is 0 Å². The molecule has 150 valence electrons. The third-order valence-electron chi connectivity index (χ3n) is 5.07. The molecule has 0 aliphatic carbocycles. The second-order valence-corrected chi connectivity index (χ2v) is 8.62. The lowest BCUT2D eigenvalue weighted by atomic mass is 9.87. The number of ether oxygens (including phenoxy) is 1. The summed E-state index contributed by atoms with van der Waals surface area (Å²) in [6.45, 7) is 12.2. The van der Waals surface area contributed by atoms with Crippen molar-refractivity contribution in [2.45, 2.75) is 78.9 Å². The van der Waals surface area contributed by atoms with Crippen molar-refractivity contribution in [3.63, 3.8) is 0 Å². The van der Waals surface area contributed by atoms with Crippen LogP contribution < -0.4 is 5.32 Å². The minimum absolute atomic E-state index is 0.126. The van der Waals surface area contributed by atoms with Crippen LogP contribution in [-0.2, 0) is 9.53 Å². The minimum Gasteiger partial charge on any atom is -0.444 e. The number of nitrogens with one attached hydrogen (secondary N) is 1. The van der Waals surface area contributed by atoms with Gasteiger partial charge in [-0.05, 0) is 64.5 Å². The van der Waals surface area contributed by atoms with E-state index in [4.69, 9.17) is 4.74 Å². The predicted octanol–water partition coefficient (Wildman–Crippen LogP) is 5.06. The summed E-state index contributed by atoms with van der Waals surface area (Å²) in [4.78, 5) is 27.5. The molecule has 1 heterocycles. The number of benzene rings is 1. The fourth-order valence-electron chi connectivity index (χ4n) is 3.71. The average Bonchev–Trinajstić information content (AvgIpc) is 2.56. The van der Waals surface area contributed by atoms with E-state index in [2.05, 4.69) is 12.2 Å². The number of para-hydroxylation sites is 1. The second kappa shape index (κ2) is 8.77. The number of anilines is 1. The summed E-state index contributed by atoms with van der Waals surface area (Å²) in [6.07, 6.45) is 3.36. The summed E-state index contributed by atoms with van der Waals surface area (Å²) in [5, 5.41) is 3.07. The zero-order valence-corrected chi connectivity index (χ0v) is 17.6. The maximum absolute atomic E-state index is 13.1. The van der Waals surface area contributed by atoms with E-state index in [0.717, 1.165) is 36.1 Å². The monoisotopic (exact) mass is 374 g/mol. The summed E-state index contributed by atoms with van der Waals surface area (Å²) in [5.74, 6) is 0.335. The van der Waals surface area contributed by atoms with E-state index in [1.807, 2.05) is 52.8 Å². The van der Waals surface area contributed by atoms with Crippen molar-refractivity contribution in [3.05, 3.63) is 29.3 Å². The molecule has 1 N–H and O–H groups in total. The predicted molar refractivity (Wildman–Crippen MR) is 109 cm³/mol. The molecule has 1 aromatic rings. The van der Waals surface area contributed by atoms with Crippen LogP contribution in [-0.4, -0.2) is 35.1 Å². The number of aryl methyl sites for hydroxylation is 2. The Morgan fingerprint density at radius 2 is 1.85 bits per heavy atom. The van der Waals surface area contributed by atoms with E-state index in [1.54, 1.807) is 4.90 Å². The highest BCUT2D eigenvalue weighted by atomic mass is 16.6. The van der Waals surface area contributed by atoms with Crippen molar-refractivity contribution < 1.29 is 14.3 Å². The molecule has 2 amide bonds. The fourth-order valence-corrected chi connectivity index (χ4v) is 3.71. The molecule has 1 fully saturated rings. The van der Waals surface area contributed by atoms with Gasteiger partial charge in [0.15, 0.2) is 0 Å². The first-order valence-electron chi connectivity index (χ1n) is 9.99. The normalized spacial score (nSPS) is 20.3. The van der Waals surface area contributed by atoms with E-state index in [-0.39, 0.29) is 5.91 Å². The van der Waals surface area contributed by atoms with Gasteiger partial charge in [-0.2, -0.15) is 0 Å². The summed E-state index contributed by atoms with van der Waals surface area (Å²) < 4.78 is 5.56. The Kier molecular flexibility index (Phi) is 6.90. The topological polar surface area (TPSA) is 58.6 Å². The quantitative estimate of drug-likeness (QED) is 0.801. The highest BCUT2D eigenvalue weighted by Gasteiger charge is 2.38. The molecule has 0 unspecified atom stereocenters. The molecule has 1 aliphatic heterocycles. The first-order valence-corrected chi connectivity index (χ1v) is 9.99. The Labute approximate surface area is 163 Å². The highest BCUT2D eigenvalue weighted by Crippen LogP contribution is 2.29. The van der Waals surface area contributed by atoms with Gasteiger partial charge in [0.05, 0.1) is 0 Å². The maximum atomic E-state index is 13.1. The average molecular weight is 375 g/mol. The molecule has 2 atom stereocenters. The zero-order chi connectivity index (χ0) is 20.2. The maximum Gasteiger partial charge on any atom is 0.410 e. The Morgan fingerprint density at radius 1 is 1.22 bits per heavy atom. The van der Waals surface area contributed by atoms with Crippen LogP contribution in [0.1, 0.15) is 64.5 Å². The number of carbonyl (C=O) groups excluding carboxylic acids is 2. The first kappa shape index (κ1) is 21.3. The van der Waals surface area contributed by atoms with Gasteiger partial charge in [0, 0.05) is 12.2 Å². The van der Waals surface area contributed by atoms with Crippen LogP contribution in [0.5, 0.6) is 0 Å². The Hall–Kier alpha value is -2.04. The largest absolute Gasteiger partial charge is 0.444 e. The summed E-state index contributed by atoms with van der Waals surface area (Å²) >= 11 is 0. The van der Waals surface area contributed by atoms with Crippen molar-refractivity contribution in [2.24, 2.45) is 5.92 Å². The Morgan fingerprint density at radius 3 is 2.41 bits per heavy atom. The third-order valence-corrected chi connectivity index (χ3v) is 5.07. The molecule has 0 saturated carbocycles. The molecule has 0 aromatic heterocycles. The molecule has 0 radical (unpaired) electrons. The highest BCUT2D eigenvalue weighted by molar-refractivity contribution is 5.97. The molecule has 0 bridgehead atoms. The van der Waals surface area contributed by atoms with Crippen molar-refractivity contribution >= 4 is 17.7 Å². The smallest absolute Gasteiger partial charge is 0.410 e. The fraction of sp³-hybridized carbons (Fsp3) is 0.636. The molecule has 2 rings (SSSR count). The first-order chi connectivity index (χ1) is 12.6. The number of rotatable bonds is 4. The number of hydrogen-bond acceptors (Lipinski definition) is 3. The molecule has 5 nitrogen and oxygen atoms in total. The summed E-state index contributed by atoms with van der Waals surface area (Å²) in [7, 11) is 0. The van der Waals surface area contributed by atoms with Crippen LogP contribution in [0.2, 0.25) is 0 Å². The molecular weight excluding hydrogens is 340 g/mol. The van der Waals surface area contributed by atoms with Crippen LogP contribution in [0.25, 0.3) is 0 Å². The lowest BCUT2D eigenvalue weighted by molar-refractivity contribution is -0.123. The second-order valence-electron chi connectivity index (χ2n) is 8.62. The number of piperidine rings is 1. The van der Waals surface area contributed by atoms with Crippen molar-refractivity contribution in [2.75, 3.05) is 11.9 Å². The lowest BCUT2D eigenvalue weighted by Gasteiger charge is -2.39. The molecule has 5 heteroatoms. The molecule has 1 saturated heterocycles. The zero-order valence-electron chi connectivity index (χ0n) is 17.6. The van der Waals surface area contributed by atoms with Crippen molar-refractivity contribution in [1.29, 1.82) is 0 Å². The number of amides is 2. The Bertz CT molecular complexity index is 658. The van der Waals surface area contributed by atoms with Gasteiger partial charge < -0.3 is 10.1 Å². The van der Waals surface area contributed by atoms with Gasteiger partial charge >= 0.3 is 6.09 Å². The van der Waals surface area contributed by atoms with Crippen LogP contribution in [0.3, 0.4) is 0 Å². The van der Waals surface area contributed by atoms with Gasteiger partial charge in [-0.25, -0.2) is 4.79 Å². The molecule has 1 aliphatic rings. The van der Waals surface area contributed by atoms with Gasteiger partial charge in [0.1, 0.15) is 11.6 Å². The number of likely N-dealkylation sites (tertiary alicyclic amines) is 1. The van der Waals surface area contributed by atoms with Crippen LogP contribution in [0.4, 0.5) is 10.5 Å². The molecule has 0 spiro atoms. The third kappa shape index (κ3) is 5.72. The van der Waals surface area contributed by atoms with E-state index in [0.29, 0.717) is 18.9 Å². The standard InChI is InChI=1S/C22H34N2O3/c1-7-9-17-12-13-24(21(26)27-22(4,5)6)18(14-17)20(25)23-19-15(2)10-8-11-16(19)3/h8,10-11,17-18H,7,9,12-14H2,1-6H3,(H,23,25)/t17-,18-/m1/s1. The van der Waals surface area contributed by atoms with Gasteiger partial charge in [0.2, 0.25) is 5.91 Å². The van der Waals surface area contributed by atoms with E-state index < -0.39 is 17.7 Å². The van der Waals surface area contributed by atoms with E-state index >= 15 is 0 Å². The number of carbonyl (C=O) groups is 2. The van der Waals surface area contributed by atoms with Crippen LogP contribution in [0, 0.1) is 19.8 Å². The van der Waals surface area contributed by atoms with Gasteiger partial charge in [-0.15, -0.1) is 0 Å². The van der Waals surface area contributed by atoms with E-state index in [1.165, 1.54) is 0 Å².